The topological polar surface area (TPSA) is 139 Å². The van der Waals surface area contributed by atoms with E-state index in [4.69, 9.17) is 0 Å². The lowest BCUT2D eigenvalue weighted by Gasteiger charge is -2.08. The van der Waals surface area contributed by atoms with Gasteiger partial charge in [-0.15, -0.1) is 10.2 Å². The molecule has 2 amide bonds. The van der Waals surface area contributed by atoms with Crippen LogP contribution in [0.4, 0.5) is 16.5 Å². The summed E-state index contributed by atoms with van der Waals surface area (Å²) in [5.74, 6) is -0.984. The summed E-state index contributed by atoms with van der Waals surface area (Å²) in [4.78, 5) is 34.1. The molecule has 160 valence electrons. The third-order valence-electron chi connectivity index (χ3n) is 4.24. The van der Waals surface area contributed by atoms with E-state index in [9.17, 15) is 19.7 Å². The van der Waals surface area contributed by atoms with Gasteiger partial charge in [0.25, 0.3) is 11.6 Å². The van der Waals surface area contributed by atoms with E-state index in [1.54, 1.807) is 0 Å². The Kier molecular flexibility index (Phi) is 7.15. The number of non-ortho nitro benzene ring substituents is 1. The fraction of sp³-hybridized carbons (Fsp3) is 0.158. The smallest absolute Gasteiger partial charge is 0.269 e. The summed E-state index contributed by atoms with van der Waals surface area (Å²) in [6.07, 6.45) is 0. The predicted octanol–water partition coefficient (Wildman–Crippen LogP) is 3.36. The number of hydrogen-bond acceptors (Lipinski definition) is 9. The summed E-state index contributed by atoms with van der Waals surface area (Å²) in [5.41, 5.74) is 7.85. The Morgan fingerprint density at radius 2 is 1.84 bits per heavy atom. The standard InChI is InChI=1S/C19H18N6O4S2/c1-11-4-3-5-15(12(11)2)20-18-23-24-19(31-18)30-10-16(26)21-22-17(27)13-6-8-14(9-7-13)25(28)29/h3-9H,10H2,1-2H3,(H,20,23)(H,21,26)(H,22,27). The molecule has 3 rings (SSSR count). The lowest BCUT2D eigenvalue weighted by molar-refractivity contribution is -0.384. The van der Waals surface area contributed by atoms with Crippen LogP contribution in [0.5, 0.6) is 0 Å². The lowest BCUT2D eigenvalue weighted by atomic mass is 10.1. The molecule has 0 saturated carbocycles. The summed E-state index contributed by atoms with van der Waals surface area (Å²) < 4.78 is 0.602. The van der Waals surface area contributed by atoms with E-state index in [1.807, 2.05) is 32.0 Å². The zero-order valence-electron chi connectivity index (χ0n) is 16.5. The first kappa shape index (κ1) is 22.2. The number of nitrogens with zero attached hydrogens (tertiary/aromatic N) is 3. The van der Waals surface area contributed by atoms with Crippen LogP contribution in [0.25, 0.3) is 0 Å². The highest BCUT2D eigenvalue weighted by Gasteiger charge is 2.12. The van der Waals surface area contributed by atoms with Crippen molar-refractivity contribution in [3.05, 3.63) is 69.3 Å². The van der Waals surface area contributed by atoms with Crippen molar-refractivity contribution in [3.8, 4) is 0 Å². The van der Waals surface area contributed by atoms with Gasteiger partial charge >= 0.3 is 0 Å². The number of thioether (sulfide) groups is 1. The van der Waals surface area contributed by atoms with Crippen molar-refractivity contribution >= 4 is 51.4 Å². The van der Waals surface area contributed by atoms with Crippen LogP contribution >= 0.6 is 23.1 Å². The van der Waals surface area contributed by atoms with Gasteiger partial charge in [0.05, 0.1) is 10.7 Å². The van der Waals surface area contributed by atoms with E-state index in [1.165, 1.54) is 47.4 Å². The van der Waals surface area contributed by atoms with Gasteiger partial charge in [0.15, 0.2) is 4.34 Å². The minimum absolute atomic E-state index is 0.0264. The molecule has 3 aromatic rings. The number of carbonyl (C=O) groups is 2. The Bertz CT molecular complexity index is 1120. The van der Waals surface area contributed by atoms with Gasteiger partial charge < -0.3 is 5.32 Å². The van der Waals surface area contributed by atoms with Crippen molar-refractivity contribution in [3.63, 3.8) is 0 Å². The van der Waals surface area contributed by atoms with Crippen LogP contribution in [0.2, 0.25) is 0 Å². The summed E-state index contributed by atoms with van der Waals surface area (Å²) >= 11 is 2.50. The van der Waals surface area contributed by atoms with Crippen LogP contribution in [-0.4, -0.2) is 32.7 Å². The van der Waals surface area contributed by atoms with Crippen molar-refractivity contribution in [2.75, 3.05) is 11.1 Å². The summed E-state index contributed by atoms with van der Waals surface area (Å²) in [5, 5.41) is 22.6. The fourth-order valence-electron chi connectivity index (χ4n) is 2.42. The van der Waals surface area contributed by atoms with Crippen LogP contribution in [0.15, 0.2) is 46.8 Å². The van der Waals surface area contributed by atoms with Gasteiger partial charge in [-0.25, -0.2) is 0 Å². The highest BCUT2D eigenvalue weighted by atomic mass is 32.2. The molecular formula is C19H18N6O4S2. The van der Waals surface area contributed by atoms with Crippen LogP contribution in [-0.2, 0) is 4.79 Å². The number of hydrogen-bond donors (Lipinski definition) is 3. The molecule has 10 nitrogen and oxygen atoms in total. The Morgan fingerprint density at radius 1 is 1.10 bits per heavy atom. The van der Waals surface area contributed by atoms with E-state index >= 15 is 0 Å². The maximum absolute atomic E-state index is 12.0. The maximum Gasteiger partial charge on any atom is 0.269 e. The monoisotopic (exact) mass is 458 g/mol. The number of aromatic nitrogens is 2. The first-order valence-corrected chi connectivity index (χ1v) is 10.8. The third kappa shape index (κ3) is 5.99. The number of carbonyl (C=O) groups excluding carboxylic acids is 2. The molecule has 0 atom stereocenters. The molecule has 0 aliphatic heterocycles. The number of nitro groups is 1. The molecule has 0 aliphatic rings. The molecule has 1 aromatic heterocycles. The second-order valence-electron chi connectivity index (χ2n) is 6.34. The van der Waals surface area contributed by atoms with Gasteiger partial charge in [-0.05, 0) is 43.2 Å². The quantitative estimate of drug-likeness (QED) is 0.278. The largest absolute Gasteiger partial charge is 0.330 e. The Morgan fingerprint density at radius 3 is 2.55 bits per heavy atom. The zero-order valence-corrected chi connectivity index (χ0v) is 18.2. The van der Waals surface area contributed by atoms with E-state index in [-0.39, 0.29) is 17.0 Å². The van der Waals surface area contributed by atoms with Gasteiger partial charge in [0.1, 0.15) is 0 Å². The third-order valence-corrected chi connectivity index (χ3v) is 6.21. The summed E-state index contributed by atoms with van der Waals surface area (Å²) in [7, 11) is 0. The minimum Gasteiger partial charge on any atom is -0.330 e. The van der Waals surface area contributed by atoms with Gasteiger partial charge in [0, 0.05) is 23.4 Å². The van der Waals surface area contributed by atoms with E-state index < -0.39 is 16.7 Å². The second-order valence-corrected chi connectivity index (χ2v) is 8.54. The van der Waals surface area contributed by atoms with Gasteiger partial charge in [0.2, 0.25) is 11.0 Å². The molecule has 0 saturated heterocycles. The Hall–Kier alpha value is -3.51. The molecule has 0 radical (unpaired) electrons. The summed E-state index contributed by atoms with van der Waals surface area (Å²) in [6.45, 7) is 4.05. The number of nitro benzene ring substituents is 1. The van der Waals surface area contributed by atoms with Crippen LogP contribution in [0.3, 0.4) is 0 Å². The molecule has 3 N–H and O–H groups in total. The maximum atomic E-state index is 12.0. The van der Waals surface area contributed by atoms with Crippen LogP contribution < -0.4 is 16.2 Å². The number of anilines is 2. The molecule has 0 unspecified atom stereocenters. The van der Waals surface area contributed by atoms with Crippen LogP contribution in [0, 0.1) is 24.0 Å². The van der Waals surface area contributed by atoms with Gasteiger partial charge in [-0.2, -0.15) is 0 Å². The van der Waals surface area contributed by atoms with E-state index in [0.29, 0.717) is 9.47 Å². The normalized spacial score (nSPS) is 10.4. The highest BCUT2D eigenvalue weighted by molar-refractivity contribution is 8.01. The molecule has 0 bridgehead atoms. The number of benzene rings is 2. The van der Waals surface area contributed by atoms with Gasteiger partial charge in [-0.3, -0.25) is 30.6 Å². The average Bonchev–Trinajstić information content (AvgIpc) is 3.21. The lowest BCUT2D eigenvalue weighted by Crippen LogP contribution is -2.42. The highest BCUT2D eigenvalue weighted by Crippen LogP contribution is 2.29. The summed E-state index contributed by atoms with van der Waals surface area (Å²) in [6, 6.07) is 11.0. The Balaban J connectivity index is 1.46. The van der Waals surface area contributed by atoms with E-state index in [0.717, 1.165) is 16.8 Å². The van der Waals surface area contributed by atoms with Crippen molar-refractivity contribution < 1.29 is 14.5 Å². The number of rotatable bonds is 7. The van der Waals surface area contributed by atoms with Crippen molar-refractivity contribution in [1.82, 2.24) is 21.0 Å². The fourth-order valence-corrected chi connectivity index (χ4v) is 3.98. The number of aryl methyl sites for hydroxylation is 1. The van der Waals surface area contributed by atoms with Crippen molar-refractivity contribution in [1.29, 1.82) is 0 Å². The Labute approximate surface area is 185 Å². The first-order chi connectivity index (χ1) is 14.8. The van der Waals surface area contributed by atoms with Crippen molar-refractivity contribution in [2.24, 2.45) is 0 Å². The minimum atomic E-state index is -0.579. The second kappa shape index (κ2) is 10.00. The molecule has 0 spiro atoms. The average molecular weight is 459 g/mol. The molecule has 2 aromatic carbocycles. The molecule has 31 heavy (non-hydrogen) atoms. The molecule has 12 heteroatoms. The molecule has 1 heterocycles. The molecule has 0 fully saturated rings. The first-order valence-electron chi connectivity index (χ1n) is 8.96. The predicted molar refractivity (Wildman–Crippen MR) is 119 cm³/mol. The van der Waals surface area contributed by atoms with E-state index in [2.05, 4.69) is 26.4 Å². The molecular weight excluding hydrogens is 440 g/mol. The van der Waals surface area contributed by atoms with Gasteiger partial charge in [-0.1, -0.05) is 35.2 Å². The van der Waals surface area contributed by atoms with Crippen molar-refractivity contribution in [2.45, 2.75) is 18.2 Å². The zero-order chi connectivity index (χ0) is 22.4. The molecule has 0 aliphatic carbocycles. The SMILES string of the molecule is Cc1cccc(Nc2nnc(SCC(=O)NNC(=O)c3ccc([N+](=O)[O-])cc3)s2)c1C. The number of hydrazine groups is 1. The number of nitrogens with one attached hydrogen (secondary N) is 3. The number of amides is 2. The van der Waals surface area contributed by atoms with Crippen LogP contribution in [0.1, 0.15) is 21.5 Å².